The molecule has 2 aromatic rings. The molecule has 0 radical (unpaired) electrons. The minimum absolute atomic E-state index is 0.561. The fourth-order valence-corrected chi connectivity index (χ4v) is 2.63. The van der Waals surface area contributed by atoms with Gasteiger partial charge >= 0.3 is 0 Å². The Morgan fingerprint density at radius 1 is 1.60 bits per heavy atom. The van der Waals surface area contributed by atoms with Crippen molar-refractivity contribution < 1.29 is 0 Å². The molecule has 0 aliphatic carbocycles. The second-order valence-corrected chi connectivity index (χ2v) is 5.11. The van der Waals surface area contributed by atoms with Crippen molar-refractivity contribution in [1.29, 1.82) is 0 Å². The average molecular weight is 237 g/mol. The number of nitrogen functional groups attached to an aromatic ring is 1. The van der Waals surface area contributed by atoms with Crippen molar-refractivity contribution in [1.82, 2.24) is 9.97 Å². The van der Waals surface area contributed by atoms with E-state index in [4.69, 9.17) is 5.73 Å². The molecule has 3 nitrogen and oxygen atoms in total. The predicted octanol–water partition coefficient (Wildman–Crippen LogP) is 2.94. The molecule has 5 heteroatoms. The summed E-state index contributed by atoms with van der Waals surface area (Å²) in [6, 6.07) is 1.95. The van der Waals surface area contributed by atoms with E-state index in [1.165, 1.54) is 0 Å². The van der Waals surface area contributed by atoms with Crippen LogP contribution in [0, 0.1) is 0 Å². The molecule has 0 saturated heterocycles. The molecular weight excluding hydrogens is 226 g/mol. The maximum absolute atomic E-state index is 5.83. The number of hydrogen-bond acceptors (Lipinski definition) is 5. The third-order valence-corrected chi connectivity index (χ3v) is 3.67. The molecule has 0 saturated carbocycles. The summed E-state index contributed by atoms with van der Waals surface area (Å²) in [5.41, 5.74) is 6.93. The molecule has 0 aromatic carbocycles. The maximum atomic E-state index is 5.83. The van der Waals surface area contributed by atoms with Gasteiger partial charge in [0.15, 0.2) is 5.16 Å². The molecule has 0 aliphatic heterocycles. The van der Waals surface area contributed by atoms with Gasteiger partial charge in [0.2, 0.25) is 0 Å². The molecule has 0 fully saturated rings. The second-order valence-electron chi connectivity index (χ2n) is 3.28. The van der Waals surface area contributed by atoms with Crippen LogP contribution in [0.4, 0.5) is 5.82 Å². The number of thioether (sulfide) groups is 1. The largest absolute Gasteiger partial charge is 0.383 e. The zero-order valence-electron chi connectivity index (χ0n) is 8.36. The zero-order valence-corrected chi connectivity index (χ0v) is 9.99. The number of aromatic nitrogens is 2. The summed E-state index contributed by atoms with van der Waals surface area (Å²) in [5, 5.41) is 3.65. The Labute approximate surface area is 96.4 Å². The topological polar surface area (TPSA) is 51.8 Å². The fraction of sp³-hybridized carbons (Fsp3) is 0.200. The first-order valence-corrected chi connectivity index (χ1v) is 6.31. The van der Waals surface area contributed by atoms with E-state index < -0.39 is 0 Å². The molecular formula is C10H11N3S2. The van der Waals surface area contributed by atoms with Crippen molar-refractivity contribution >= 4 is 39.1 Å². The van der Waals surface area contributed by atoms with Crippen molar-refractivity contribution in [3.63, 3.8) is 0 Å². The first-order chi connectivity index (χ1) is 7.16. The lowest BCUT2D eigenvalue weighted by atomic mass is 10.4. The van der Waals surface area contributed by atoms with Gasteiger partial charge in [-0.05, 0) is 18.4 Å². The molecule has 15 heavy (non-hydrogen) atoms. The summed E-state index contributed by atoms with van der Waals surface area (Å²) in [6.07, 6.45) is 0. The molecule has 0 unspecified atom stereocenters. The highest BCUT2D eigenvalue weighted by molar-refractivity contribution is 7.99. The van der Waals surface area contributed by atoms with E-state index in [2.05, 4.69) is 16.5 Å². The molecule has 78 valence electrons. The Morgan fingerprint density at radius 2 is 2.40 bits per heavy atom. The molecule has 2 N–H and O–H groups in total. The van der Waals surface area contributed by atoms with Gasteiger partial charge in [-0.3, -0.25) is 0 Å². The van der Waals surface area contributed by atoms with Crippen LogP contribution in [0.3, 0.4) is 0 Å². The molecule has 0 amide bonds. The van der Waals surface area contributed by atoms with Gasteiger partial charge in [0, 0.05) is 5.75 Å². The summed E-state index contributed by atoms with van der Waals surface area (Å²) < 4.78 is 0. The van der Waals surface area contributed by atoms with Crippen molar-refractivity contribution in [2.45, 2.75) is 12.1 Å². The van der Waals surface area contributed by atoms with Crippen LogP contribution in [0.25, 0.3) is 10.2 Å². The van der Waals surface area contributed by atoms with E-state index in [0.29, 0.717) is 5.82 Å². The quantitative estimate of drug-likeness (QED) is 0.506. The normalized spacial score (nSPS) is 10.7. The number of nitrogens with zero attached hydrogens (tertiary/aromatic N) is 2. The van der Waals surface area contributed by atoms with Gasteiger partial charge in [-0.25, -0.2) is 9.97 Å². The fourth-order valence-electron chi connectivity index (χ4n) is 1.11. The molecule has 2 heterocycles. The van der Waals surface area contributed by atoms with Crippen molar-refractivity contribution in [3.05, 3.63) is 23.6 Å². The maximum Gasteiger partial charge on any atom is 0.191 e. The van der Waals surface area contributed by atoms with Crippen LogP contribution < -0.4 is 5.73 Å². The highest BCUT2D eigenvalue weighted by atomic mass is 32.2. The third kappa shape index (κ3) is 2.30. The molecule has 0 atom stereocenters. The summed E-state index contributed by atoms with van der Waals surface area (Å²) in [7, 11) is 0. The van der Waals surface area contributed by atoms with E-state index in [0.717, 1.165) is 26.7 Å². The zero-order chi connectivity index (χ0) is 10.8. The highest BCUT2D eigenvalue weighted by Crippen LogP contribution is 2.26. The van der Waals surface area contributed by atoms with Gasteiger partial charge in [0.1, 0.15) is 10.6 Å². The van der Waals surface area contributed by atoms with Gasteiger partial charge in [-0.2, -0.15) is 0 Å². The Bertz CT molecular complexity index is 504. The average Bonchev–Trinajstić information content (AvgIpc) is 2.63. The number of anilines is 1. The van der Waals surface area contributed by atoms with Crippen LogP contribution in [0.15, 0.2) is 28.8 Å². The van der Waals surface area contributed by atoms with Gasteiger partial charge in [-0.1, -0.05) is 23.9 Å². The van der Waals surface area contributed by atoms with Gasteiger partial charge in [-0.15, -0.1) is 11.3 Å². The Balaban J connectivity index is 2.32. The molecule has 0 spiro atoms. The van der Waals surface area contributed by atoms with Crippen molar-refractivity contribution in [2.24, 2.45) is 0 Å². The lowest BCUT2D eigenvalue weighted by Crippen LogP contribution is -1.95. The van der Waals surface area contributed by atoms with Crippen LogP contribution in [-0.4, -0.2) is 15.7 Å². The van der Waals surface area contributed by atoms with Crippen LogP contribution >= 0.6 is 23.1 Å². The molecule has 0 bridgehead atoms. The Morgan fingerprint density at radius 3 is 3.13 bits per heavy atom. The van der Waals surface area contributed by atoms with Crippen LogP contribution in [0.2, 0.25) is 0 Å². The SMILES string of the molecule is C=C(C)CSc1nc(N)c2ccsc2n1. The molecule has 0 aliphatic rings. The Hall–Kier alpha value is -1.07. The van der Waals surface area contributed by atoms with Crippen molar-refractivity contribution in [3.8, 4) is 0 Å². The molecule has 2 aromatic heterocycles. The predicted molar refractivity (Wildman–Crippen MR) is 67.4 cm³/mol. The summed E-state index contributed by atoms with van der Waals surface area (Å²) in [4.78, 5) is 9.61. The summed E-state index contributed by atoms with van der Waals surface area (Å²) in [5.74, 6) is 1.39. The number of thiophene rings is 1. The van der Waals surface area contributed by atoms with Crippen molar-refractivity contribution in [2.75, 3.05) is 11.5 Å². The first kappa shape index (κ1) is 10.4. The Kier molecular flexibility index (Phi) is 2.93. The smallest absolute Gasteiger partial charge is 0.191 e. The standard InChI is InChI=1S/C10H11N3S2/c1-6(2)5-15-10-12-8(11)7-3-4-14-9(7)13-10/h3-4H,1,5H2,2H3,(H2,11,12,13). The number of hydrogen-bond donors (Lipinski definition) is 1. The number of fused-ring (bicyclic) bond motifs is 1. The monoisotopic (exact) mass is 237 g/mol. The third-order valence-electron chi connectivity index (χ3n) is 1.78. The second kappa shape index (κ2) is 4.20. The van der Waals surface area contributed by atoms with Gasteiger partial charge in [0.25, 0.3) is 0 Å². The van der Waals surface area contributed by atoms with E-state index in [9.17, 15) is 0 Å². The van der Waals surface area contributed by atoms with Gasteiger partial charge < -0.3 is 5.73 Å². The van der Waals surface area contributed by atoms with Crippen LogP contribution in [0.1, 0.15) is 6.92 Å². The minimum atomic E-state index is 0.561. The minimum Gasteiger partial charge on any atom is -0.383 e. The van der Waals surface area contributed by atoms with E-state index in [1.54, 1.807) is 23.1 Å². The lowest BCUT2D eigenvalue weighted by Gasteiger charge is -2.01. The number of nitrogens with two attached hydrogens (primary N) is 1. The number of rotatable bonds is 3. The highest BCUT2D eigenvalue weighted by Gasteiger charge is 2.06. The molecule has 2 rings (SSSR count). The lowest BCUT2D eigenvalue weighted by molar-refractivity contribution is 1.02. The van der Waals surface area contributed by atoms with E-state index in [-0.39, 0.29) is 0 Å². The van der Waals surface area contributed by atoms with Gasteiger partial charge in [0.05, 0.1) is 5.39 Å². The van der Waals surface area contributed by atoms with E-state index in [1.807, 2.05) is 18.4 Å². The summed E-state index contributed by atoms with van der Waals surface area (Å²) >= 11 is 3.15. The van der Waals surface area contributed by atoms with E-state index >= 15 is 0 Å². The van der Waals surface area contributed by atoms with Crippen LogP contribution in [0.5, 0.6) is 0 Å². The van der Waals surface area contributed by atoms with Crippen LogP contribution in [-0.2, 0) is 0 Å². The first-order valence-electron chi connectivity index (χ1n) is 4.44. The summed E-state index contributed by atoms with van der Waals surface area (Å²) in [6.45, 7) is 5.83.